The van der Waals surface area contributed by atoms with E-state index >= 15 is 0 Å². The number of nitrogens with zero attached hydrogens (tertiary/aromatic N) is 3. The van der Waals surface area contributed by atoms with E-state index in [4.69, 9.17) is 4.52 Å². The number of benzene rings is 1. The van der Waals surface area contributed by atoms with Crippen molar-refractivity contribution in [2.45, 2.75) is 31.7 Å². The quantitative estimate of drug-likeness (QED) is 0.897. The molecule has 0 bridgehead atoms. The molecule has 144 valence electrons. The average molecular weight is 369 g/mol. The molecule has 0 radical (unpaired) electrons. The van der Waals surface area contributed by atoms with Crippen molar-refractivity contribution < 1.29 is 14.4 Å². The predicted molar refractivity (Wildman–Crippen MR) is 102 cm³/mol. The van der Waals surface area contributed by atoms with Crippen LogP contribution in [0.25, 0.3) is 11.3 Å². The smallest absolute Gasteiger partial charge is 0.276 e. The van der Waals surface area contributed by atoms with Gasteiger partial charge in [0.15, 0.2) is 11.5 Å². The maximum absolute atomic E-state index is 12.9. The van der Waals surface area contributed by atoms with Crippen LogP contribution in [0.1, 0.15) is 36.2 Å². The molecule has 3 heterocycles. The van der Waals surface area contributed by atoms with Crippen molar-refractivity contribution in [2.75, 3.05) is 32.8 Å². The molecule has 1 aromatic carbocycles. The molecule has 0 unspecified atom stereocenters. The summed E-state index contributed by atoms with van der Waals surface area (Å²) >= 11 is 0. The first kappa shape index (κ1) is 18.2. The van der Waals surface area contributed by atoms with Gasteiger partial charge in [0.1, 0.15) is 0 Å². The Hall–Kier alpha value is -2.18. The number of hydrogen-bond donors (Lipinski definition) is 1. The van der Waals surface area contributed by atoms with Crippen LogP contribution in [-0.4, -0.2) is 64.8 Å². The van der Waals surface area contributed by atoms with Gasteiger partial charge in [0.2, 0.25) is 0 Å². The molecular weight excluding hydrogens is 342 g/mol. The number of carbonyl (C=O) groups excluding carboxylic acids is 1. The fourth-order valence-electron chi connectivity index (χ4n) is 4.21. The van der Waals surface area contributed by atoms with Gasteiger partial charge < -0.3 is 14.5 Å². The number of aliphatic hydroxyl groups is 1. The highest BCUT2D eigenvalue weighted by atomic mass is 16.5. The highest BCUT2D eigenvalue weighted by Gasteiger charge is 2.31. The highest BCUT2D eigenvalue weighted by Crippen LogP contribution is 2.25. The number of amides is 1. The fraction of sp³-hybridized carbons (Fsp3) is 0.524. The van der Waals surface area contributed by atoms with Crippen molar-refractivity contribution >= 4 is 5.91 Å². The minimum Gasteiger partial charge on any atom is -0.396 e. The molecule has 1 aromatic heterocycles. The van der Waals surface area contributed by atoms with Crippen LogP contribution in [0.15, 0.2) is 40.9 Å². The first-order chi connectivity index (χ1) is 13.2. The normalized spacial score (nSPS) is 22.1. The third kappa shape index (κ3) is 4.06. The number of carbonyl (C=O) groups is 1. The Balaban J connectivity index is 1.40. The monoisotopic (exact) mass is 369 g/mol. The molecule has 1 N–H and O–H groups in total. The van der Waals surface area contributed by atoms with Gasteiger partial charge in [0.25, 0.3) is 5.91 Å². The maximum atomic E-state index is 12.9. The highest BCUT2D eigenvalue weighted by molar-refractivity contribution is 5.93. The van der Waals surface area contributed by atoms with Crippen LogP contribution in [0.3, 0.4) is 0 Å². The predicted octanol–water partition coefficient (Wildman–Crippen LogP) is 2.65. The van der Waals surface area contributed by atoms with Crippen molar-refractivity contribution in [1.29, 1.82) is 0 Å². The molecule has 2 aromatic rings. The summed E-state index contributed by atoms with van der Waals surface area (Å²) in [5.74, 6) is 1.02. The van der Waals surface area contributed by atoms with Gasteiger partial charge in [-0.3, -0.25) is 9.69 Å². The van der Waals surface area contributed by atoms with E-state index in [2.05, 4.69) is 10.1 Å². The van der Waals surface area contributed by atoms with Crippen molar-refractivity contribution in [1.82, 2.24) is 15.0 Å². The molecule has 2 aliphatic heterocycles. The van der Waals surface area contributed by atoms with Crippen molar-refractivity contribution in [2.24, 2.45) is 5.92 Å². The molecule has 2 fully saturated rings. The molecule has 2 saturated heterocycles. The van der Waals surface area contributed by atoms with Crippen LogP contribution in [-0.2, 0) is 0 Å². The molecule has 6 heteroatoms. The lowest BCUT2D eigenvalue weighted by Crippen LogP contribution is -2.52. The van der Waals surface area contributed by atoms with E-state index in [1.807, 2.05) is 35.2 Å². The lowest BCUT2D eigenvalue weighted by Gasteiger charge is -2.42. The summed E-state index contributed by atoms with van der Waals surface area (Å²) in [6, 6.07) is 11.9. The van der Waals surface area contributed by atoms with E-state index < -0.39 is 0 Å². The van der Waals surface area contributed by atoms with Gasteiger partial charge in [-0.2, -0.15) is 0 Å². The Bertz CT molecular complexity index is 753. The summed E-state index contributed by atoms with van der Waals surface area (Å²) in [4.78, 5) is 17.3. The first-order valence-electron chi connectivity index (χ1n) is 9.91. The molecule has 0 aliphatic carbocycles. The number of likely N-dealkylation sites (tertiary alicyclic amines) is 2. The third-order valence-corrected chi connectivity index (χ3v) is 5.90. The van der Waals surface area contributed by atoms with E-state index in [1.54, 1.807) is 6.07 Å². The molecule has 4 rings (SSSR count). The summed E-state index contributed by atoms with van der Waals surface area (Å²) in [7, 11) is 0. The Kier molecular flexibility index (Phi) is 5.55. The van der Waals surface area contributed by atoms with Gasteiger partial charge >= 0.3 is 0 Å². The first-order valence-corrected chi connectivity index (χ1v) is 9.91. The topological polar surface area (TPSA) is 69.8 Å². The second-order valence-corrected chi connectivity index (χ2v) is 7.65. The van der Waals surface area contributed by atoms with E-state index in [-0.39, 0.29) is 5.91 Å². The zero-order valence-corrected chi connectivity index (χ0v) is 15.6. The number of rotatable bonds is 4. The van der Waals surface area contributed by atoms with Crippen LogP contribution in [0, 0.1) is 5.92 Å². The number of aromatic nitrogens is 1. The largest absolute Gasteiger partial charge is 0.396 e. The molecule has 1 atom stereocenters. The van der Waals surface area contributed by atoms with Gasteiger partial charge in [-0.1, -0.05) is 35.5 Å². The maximum Gasteiger partial charge on any atom is 0.276 e. The molecule has 6 nitrogen and oxygen atoms in total. The average Bonchev–Trinajstić information content (AvgIpc) is 3.24. The van der Waals surface area contributed by atoms with Gasteiger partial charge in [-0.05, 0) is 44.7 Å². The van der Waals surface area contributed by atoms with Gasteiger partial charge in [-0.15, -0.1) is 0 Å². The molecule has 0 spiro atoms. The summed E-state index contributed by atoms with van der Waals surface area (Å²) < 4.78 is 5.40. The summed E-state index contributed by atoms with van der Waals surface area (Å²) in [6.07, 6.45) is 4.23. The van der Waals surface area contributed by atoms with Gasteiger partial charge in [-0.25, -0.2) is 0 Å². The lowest BCUT2D eigenvalue weighted by atomic mass is 9.94. The molecule has 0 saturated carbocycles. The molecule has 1 amide bonds. The zero-order chi connectivity index (χ0) is 18.6. The van der Waals surface area contributed by atoms with Crippen LogP contribution in [0.2, 0.25) is 0 Å². The Morgan fingerprint density at radius 2 is 1.93 bits per heavy atom. The van der Waals surface area contributed by atoms with E-state index in [0.717, 1.165) is 57.4 Å². The van der Waals surface area contributed by atoms with E-state index in [9.17, 15) is 9.90 Å². The Labute approximate surface area is 159 Å². The fourth-order valence-corrected chi connectivity index (χ4v) is 4.21. The van der Waals surface area contributed by atoms with Crippen molar-refractivity contribution in [3.8, 4) is 11.3 Å². The Morgan fingerprint density at radius 3 is 2.67 bits per heavy atom. The number of aliphatic hydroxyl groups excluding tert-OH is 1. The Morgan fingerprint density at radius 1 is 1.15 bits per heavy atom. The second kappa shape index (κ2) is 8.23. The number of piperidine rings is 2. The summed E-state index contributed by atoms with van der Waals surface area (Å²) in [5, 5.41) is 13.3. The zero-order valence-electron chi connectivity index (χ0n) is 15.6. The lowest BCUT2D eigenvalue weighted by molar-refractivity contribution is 0.0439. The summed E-state index contributed by atoms with van der Waals surface area (Å²) in [6.45, 7) is 3.84. The minimum atomic E-state index is -0.0455. The second-order valence-electron chi connectivity index (χ2n) is 7.65. The molecule has 27 heavy (non-hydrogen) atoms. The van der Waals surface area contributed by atoms with Crippen molar-refractivity contribution in [3.05, 3.63) is 42.1 Å². The number of hydrogen-bond acceptors (Lipinski definition) is 5. The van der Waals surface area contributed by atoms with Crippen LogP contribution < -0.4 is 0 Å². The SMILES string of the molecule is O=C(c1cc(-c2ccccc2)on1)N1CCC[C@@H](N2CCC(CO)CC2)C1. The van der Waals surface area contributed by atoms with Crippen LogP contribution in [0.4, 0.5) is 0 Å². The van der Waals surface area contributed by atoms with Gasteiger partial charge in [0.05, 0.1) is 0 Å². The standard InChI is InChI=1S/C21H27N3O3/c25-15-16-8-11-23(12-9-16)18-7-4-10-24(14-18)21(26)19-13-20(27-22-19)17-5-2-1-3-6-17/h1-3,5-6,13,16,18,25H,4,7-12,14-15H2/t18-/m1/s1. The van der Waals surface area contributed by atoms with Crippen molar-refractivity contribution in [3.63, 3.8) is 0 Å². The molecular formula is C21H27N3O3. The molecule has 2 aliphatic rings. The van der Waals surface area contributed by atoms with E-state index in [0.29, 0.717) is 30.0 Å². The summed E-state index contributed by atoms with van der Waals surface area (Å²) in [5.41, 5.74) is 1.31. The minimum absolute atomic E-state index is 0.0455. The van der Waals surface area contributed by atoms with Crippen LogP contribution in [0.5, 0.6) is 0 Å². The van der Waals surface area contributed by atoms with E-state index in [1.165, 1.54) is 0 Å². The van der Waals surface area contributed by atoms with Gasteiger partial charge in [0, 0.05) is 37.4 Å². The third-order valence-electron chi connectivity index (χ3n) is 5.90. The van der Waals surface area contributed by atoms with Crippen LogP contribution >= 0.6 is 0 Å².